The molecule has 0 fully saturated rings. The minimum absolute atomic E-state index is 0.145. The van der Waals surface area contributed by atoms with Gasteiger partial charge in [-0.15, -0.1) is 0 Å². The number of hydrogen-bond acceptors (Lipinski definition) is 3. The number of benzene rings is 2. The van der Waals surface area contributed by atoms with Crippen LogP contribution in [0.2, 0.25) is 0 Å². The van der Waals surface area contributed by atoms with Crippen molar-refractivity contribution in [2.75, 3.05) is 18.4 Å². The van der Waals surface area contributed by atoms with Gasteiger partial charge < -0.3 is 16.0 Å². The van der Waals surface area contributed by atoms with Gasteiger partial charge in [-0.05, 0) is 43.2 Å². The second kappa shape index (κ2) is 8.75. The molecule has 0 unspecified atom stereocenters. The lowest BCUT2D eigenvalue weighted by molar-refractivity contribution is -0.123. The summed E-state index contributed by atoms with van der Waals surface area (Å²) in [5.41, 5.74) is 2.53. The van der Waals surface area contributed by atoms with Gasteiger partial charge in [-0.3, -0.25) is 14.4 Å². The molecule has 0 bridgehead atoms. The van der Waals surface area contributed by atoms with E-state index < -0.39 is 17.6 Å². The smallest absolute Gasteiger partial charge is 0.254 e. The van der Waals surface area contributed by atoms with Gasteiger partial charge in [0, 0.05) is 5.69 Å². The van der Waals surface area contributed by atoms with Gasteiger partial charge in [0.15, 0.2) is 0 Å². The summed E-state index contributed by atoms with van der Waals surface area (Å²) in [7, 11) is 0. The van der Waals surface area contributed by atoms with E-state index in [2.05, 4.69) is 16.0 Å². The topological polar surface area (TPSA) is 87.3 Å². The summed E-state index contributed by atoms with van der Waals surface area (Å²) in [5, 5.41) is 7.42. The first kappa shape index (κ1) is 19.1. The second-order valence-electron chi connectivity index (χ2n) is 5.73. The standard InChI is InChI=1S/C19H20FN3O3/c1-12-6-5-9-16(13(12)2)23-18(25)11-21-17(24)10-22-19(26)14-7-3-4-8-15(14)20/h3-9H,10-11H2,1-2H3,(H,21,24)(H,22,26)(H,23,25). The first-order valence-corrected chi connectivity index (χ1v) is 8.04. The summed E-state index contributed by atoms with van der Waals surface area (Å²) >= 11 is 0. The molecular formula is C19H20FN3O3. The first-order chi connectivity index (χ1) is 12.4. The van der Waals surface area contributed by atoms with Crippen molar-refractivity contribution in [3.8, 4) is 0 Å². The maximum Gasteiger partial charge on any atom is 0.254 e. The van der Waals surface area contributed by atoms with Crippen LogP contribution in [-0.2, 0) is 9.59 Å². The van der Waals surface area contributed by atoms with Crippen LogP contribution in [0.4, 0.5) is 10.1 Å². The maximum absolute atomic E-state index is 13.5. The van der Waals surface area contributed by atoms with Crippen molar-refractivity contribution in [3.05, 3.63) is 65.0 Å². The molecule has 3 amide bonds. The molecule has 136 valence electrons. The Kier molecular flexibility index (Phi) is 6.43. The van der Waals surface area contributed by atoms with Crippen LogP contribution in [0.25, 0.3) is 0 Å². The lowest BCUT2D eigenvalue weighted by atomic mass is 10.1. The number of aryl methyl sites for hydroxylation is 1. The predicted octanol–water partition coefficient (Wildman–Crippen LogP) is 1.93. The lowest BCUT2D eigenvalue weighted by Gasteiger charge is -2.11. The van der Waals surface area contributed by atoms with Crippen LogP contribution in [0, 0.1) is 19.7 Å². The van der Waals surface area contributed by atoms with E-state index in [1.54, 1.807) is 6.07 Å². The number of rotatable bonds is 6. The molecule has 0 aliphatic rings. The molecule has 2 aromatic rings. The highest BCUT2D eigenvalue weighted by molar-refractivity contribution is 5.98. The Labute approximate surface area is 150 Å². The fourth-order valence-corrected chi connectivity index (χ4v) is 2.22. The first-order valence-electron chi connectivity index (χ1n) is 8.04. The summed E-state index contributed by atoms with van der Waals surface area (Å²) < 4.78 is 13.5. The van der Waals surface area contributed by atoms with E-state index in [9.17, 15) is 18.8 Å². The van der Waals surface area contributed by atoms with E-state index in [1.165, 1.54) is 18.2 Å². The number of carbonyl (C=O) groups excluding carboxylic acids is 3. The molecule has 0 heterocycles. The minimum atomic E-state index is -0.696. The number of nitrogens with one attached hydrogen (secondary N) is 3. The van der Waals surface area contributed by atoms with E-state index in [1.807, 2.05) is 26.0 Å². The SMILES string of the molecule is Cc1cccc(NC(=O)CNC(=O)CNC(=O)c2ccccc2F)c1C. The van der Waals surface area contributed by atoms with Crippen LogP contribution in [0.5, 0.6) is 0 Å². The van der Waals surface area contributed by atoms with Crippen molar-refractivity contribution in [1.82, 2.24) is 10.6 Å². The average Bonchev–Trinajstić information content (AvgIpc) is 2.62. The van der Waals surface area contributed by atoms with Gasteiger partial charge in [-0.2, -0.15) is 0 Å². The third kappa shape index (κ3) is 5.14. The Morgan fingerprint density at radius 3 is 2.31 bits per heavy atom. The van der Waals surface area contributed by atoms with Crippen LogP contribution in [-0.4, -0.2) is 30.8 Å². The summed E-state index contributed by atoms with van der Waals surface area (Å²) in [6.45, 7) is 3.23. The number of anilines is 1. The highest BCUT2D eigenvalue weighted by atomic mass is 19.1. The van der Waals surface area contributed by atoms with Gasteiger partial charge in [0.2, 0.25) is 11.8 Å². The third-order valence-electron chi connectivity index (χ3n) is 3.85. The molecule has 0 aliphatic heterocycles. The monoisotopic (exact) mass is 357 g/mol. The quantitative estimate of drug-likeness (QED) is 0.738. The molecule has 2 aromatic carbocycles. The molecule has 3 N–H and O–H groups in total. The molecule has 0 atom stereocenters. The molecule has 7 heteroatoms. The Morgan fingerprint density at radius 2 is 1.58 bits per heavy atom. The Hall–Kier alpha value is -3.22. The largest absolute Gasteiger partial charge is 0.345 e. The van der Waals surface area contributed by atoms with Gasteiger partial charge >= 0.3 is 0 Å². The molecular weight excluding hydrogens is 337 g/mol. The third-order valence-corrected chi connectivity index (χ3v) is 3.85. The average molecular weight is 357 g/mol. The van der Waals surface area contributed by atoms with Crippen molar-refractivity contribution < 1.29 is 18.8 Å². The van der Waals surface area contributed by atoms with Gasteiger partial charge in [0.25, 0.3) is 5.91 Å². The predicted molar refractivity (Wildman–Crippen MR) is 96.3 cm³/mol. The van der Waals surface area contributed by atoms with Crippen molar-refractivity contribution >= 4 is 23.4 Å². The van der Waals surface area contributed by atoms with Crippen molar-refractivity contribution in [2.24, 2.45) is 0 Å². The van der Waals surface area contributed by atoms with E-state index in [-0.39, 0.29) is 24.6 Å². The van der Waals surface area contributed by atoms with E-state index in [4.69, 9.17) is 0 Å². The Morgan fingerprint density at radius 1 is 0.885 bits per heavy atom. The molecule has 0 saturated carbocycles. The van der Waals surface area contributed by atoms with Crippen LogP contribution in [0.3, 0.4) is 0 Å². The number of hydrogen-bond donors (Lipinski definition) is 3. The maximum atomic E-state index is 13.5. The molecule has 0 aliphatic carbocycles. The normalized spacial score (nSPS) is 10.1. The van der Waals surface area contributed by atoms with E-state index in [0.717, 1.165) is 17.2 Å². The Balaban J connectivity index is 1.78. The van der Waals surface area contributed by atoms with Gasteiger partial charge in [0.1, 0.15) is 5.82 Å². The van der Waals surface area contributed by atoms with Crippen LogP contribution in [0.15, 0.2) is 42.5 Å². The minimum Gasteiger partial charge on any atom is -0.345 e. The number of halogens is 1. The fourth-order valence-electron chi connectivity index (χ4n) is 2.22. The zero-order chi connectivity index (χ0) is 19.1. The van der Waals surface area contributed by atoms with Gasteiger partial charge in [0.05, 0.1) is 18.7 Å². The highest BCUT2D eigenvalue weighted by Gasteiger charge is 2.13. The fraction of sp³-hybridized carbons (Fsp3) is 0.211. The van der Waals surface area contributed by atoms with Crippen molar-refractivity contribution in [3.63, 3.8) is 0 Å². The second-order valence-corrected chi connectivity index (χ2v) is 5.73. The van der Waals surface area contributed by atoms with Crippen molar-refractivity contribution in [2.45, 2.75) is 13.8 Å². The molecule has 0 aromatic heterocycles. The van der Waals surface area contributed by atoms with E-state index in [0.29, 0.717) is 5.69 Å². The lowest BCUT2D eigenvalue weighted by Crippen LogP contribution is -2.40. The van der Waals surface area contributed by atoms with Crippen LogP contribution >= 0.6 is 0 Å². The summed E-state index contributed by atoms with van der Waals surface area (Å²) in [4.78, 5) is 35.5. The van der Waals surface area contributed by atoms with Gasteiger partial charge in [-0.1, -0.05) is 24.3 Å². The molecule has 0 radical (unpaired) electrons. The zero-order valence-electron chi connectivity index (χ0n) is 14.6. The van der Waals surface area contributed by atoms with Crippen LogP contribution < -0.4 is 16.0 Å². The Bertz CT molecular complexity index is 837. The highest BCUT2D eigenvalue weighted by Crippen LogP contribution is 2.17. The molecule has 6 nitrogen and oxygen atoms in total. The molecule has 26 heavy (non-hydrogen) atoms. The molecule has 0 saturated heterocycles. The zero-order valence-corrected chi connectivity index (χ0v) is 14.6. The summed E-state index contributed by atoms with van der Waals surface area (Å²) in [5.74, 6) is -2.30. The number of amides is 3. The summed E-state index contributed by atoms with van der Waals surface area (Å²) in [6.07, 6.45) is 0. The van der Waals surface area contributed by atoms with Crippen LogP contribution in [0.1, 0.15) is 21.5 Å². The van der Waals surface area contributed by atoms with Gasteiger partial charge in [-0.25, -0.2) is 4.39 Å². The van der Waals surface area contributed by atoms with Crippen molar-refractivity contribution in [1.29, 1.82) is 0 Å². The molecule has 0 spiro atoms. The van der Waals surface area contributed by atoms with E-state index >= 15 is 0 Å². The molecule has 2 rings (SSSR count). The number of carbonyl (C=O) groups is 3. The summed E-state index contributed by atoms with van der Waals surface area (Å²) in [6, 6.07) is 11.0.